The highest BCUT2D eigenvalue weighted by molar-refractivity contribution is 8.00. The number of anilines is 3. The number of aromatic nitrogens is 2. The number of thioether (sulfide) groups is 1. The highest BCUT2D eigenvalue weighted by atomic mass is 35.5. The first-order valence-electron chi connectivity index (χ1n) is 6.18. The quantitative estimate of drug-likeness (QED) is 0.582. The second-order valence-corrected chi connectivity index (χ2v) is 6.09. The molecule has 0 saturated carbocycles. The molecule has 2 rings (SSSR count). The Bertz CT molecular complexity index is 695. The summed E-state index contributed by atoms with van der Waals surface area (Å²) in [5.74, 6) is -0.399. The van der Waals surface area contributed by atoms with Crippen molar-refractivity contribution >= 4 is 46.6 Å². The van der Waals surface area contributed by atoms with Crippen LogP contribution in [-0.4, -0.2) is 21.1 Å². The number of hydrogen-bond acceptors (Lipinski definition) is 6. The van der Waals surface area contributed by atoms with Crippen LogP contribution in [0.2, 0.25) is 5.02 Å². The third-order valence-electron chi connectivity index (χ3n) is 2.58. The number of nitrogen functional groups attached to an aromatic ring is 2. The first-order chi connectivity index (χ1) is 10.3. The molecule has 5 N–H and O–H groups in total. The second-order valence-electron chi connectivity index (χ2n) is 4.38. The lowest BCUT2D eigenvalue weighted by atomic mass is 10.3. The van der Waals surface area contributed by atoms with Gasteiger partial charge in [0.15, 0.2) is 5.16 Å². The predicted molar refractivity (Wildman–Crippen MR) is 86.2 cm³/mol. The van der Waals surface area contributed by atoms with E-state index in [2.05, 4.69) is 15.3 Å². The molecule has 0 aliphatic rings. The van der Waals surface area contributed by atoms with Crippen molar-refractivity contribution in [3.8, 4) is 0 Å². The summed E-state index contributed by atoms with van der Waals surface area (Å²) < 4.78 is 13.1. The van der Waals surface area contributed by atoms with E-state index < -0.39 is 11.1 Å². The fourth-order valence-corrected chi connectivity index (χ4v) is 2.52. The number of halogens is 2. The number of nitrogens with two attached hydrogens (primary N) is 2. The van der Waals surface area contributed by atoms with Gasteiger partial charge < -0.3 is 16.8 Å². The smallest absolute Gasteiger partial charge is 0.237 e. The molecule has 0 aliphatic heterocycles. The highest BCUT2D eigenvalue weighted by Crippen LogP contribution is 2.24. The molecule has 22 heavy (non-hydrogen) atoms. The molecule has 1 atom stereocenters. The Hall–Kier alpha value is -2.06. The van der Waals surface area contributed by atoms with Crippen molar-refractivity contribution in [2.75, 3.05) is 16.8 Å². The standard InChI is InChI=1S/C13H13ClFN5OS/c1-6(22-13-19-10(16)5-11(17)20-13)12(21)18-7-2-3-9(15)8(14)4-7/h2-6H,1H3,(H,18,21)(H4,16,17,19,20)/t6-/m1/s1. The van der Waals surface area contributed by atoms with E-state index in [1.54, 1.807) is 6.92 Å². The molecule has 0 aliphatic carbocycles. The lowest BCUT2D eigenvalue weighted by Gasteiger charge is -2.12. The van der Waals surface area contributed by atoms with E-state index in [4.69, 9.17) is 23.1 Å². The topological polar surface area (TPSA) is 107 Å². The van der Waals surface area contributed by atoms with Gasteiger partial charge in [-0.1, -0.05) is 23.4 Å². The van der Waals surface area contributed by atoms with Crippen LogP contribution in [0.4, 0.5) is 21.7 Å². The first kappa shape index (κ1) is 16.3. The number of benzene rings is 1. The Labute approximate surface area is 135 Å². The summed E-state index contributed by atoms with van der Waals surface area (Å²) in [5.41, 5.74) is 11.5. The van der Waals surface area contributed by atoms with Gasteiger partial charge >= 0.3 is 0 Å². The fourth-order valence-electron chi connectivity index (χ4n) is 1.54. The van der Waals surface area contributed by atoms with Crippen LogP contribution in [0.25, 0.3) is 0 Å². The van der Waals surface area contributed by atoms with Gasteiger partial charge in [0.25, 0.3) is 0 Å². The van der Waals surface area contributed by atoms with Crippen molar-refractivity contribution < 1.29 is 9.18 Å². The van der Waals surface area contributed by atoms with Crippen LogP contribution >= 0.6 is 23.4 Å². The molecule has 1 heterocycles. The SMILES string of the molecule is C[C@@H](Sc1nc(N)cc(N)n1)C(=O)Nc1ccc(F)c(Cl)c1. The van der Waals surface area contributed by atoms with Gasteiger partial charge in [0, 0.05) is 11.8 Å². The Kier molecular flexibility index (Phi) is 5.04. The summed E-state index contributed by atoms with van der Waals surface area (Å²) in [4.78, 5) is 20.1. The van der Waals surface area contributed by atoms with Crippen molar-refractivity contribution in [3.05, 3.63) is 35.1 Å². The third-order valence-corrected chi connectivity index (χ3v) is 3.83. The minimum atomic E-state index is -0.550. The molecular weight excluding hydrogens is 329 g/mol. The number of nitrogens with one attached hydrogen (secondary N) is 1. The Morgan fingerprint density at radius 3 is 2.55 bits per heavy atom. The number of amides is 1. The molecule has 0 saturated heterocycles. The number of nitrogens with zero attached hydrogens (tertiary/aromatic N) is 2. The summed E-state index contributed by atoms with van der Waals surface area (Å²) in [5, 5.41) is 2.36. The predicted octanol–water partition coefficient (Wildman–Crippen LogP) is 2.55. The lowest BCUT2D eigenvalue weighted by molar-refractivity contribution is -0.115. The summed E-state index contributed by atoms with van der Waals surface area (Å²) in [6, 6.07) is 5.36. The number of hydrogen-bond donors (Lipinski definition) is 3. The maximum Gasteiger partial charge on any atom is 0.237 e. The molecule has 0 radical (unpaired) electrons. The monoisotopic (exact) mass is 341 g/mol. The van der Waals surface area contributed by atoms with E-state index in [9.17, 15) is 9.18 Å². The molecule has 0 unspecified atom stereocenters. The van der Waals surface area contributed by atoms with Gasteiger partial charge in [-0.15, -0.1) is 0 Å². The fraction of sp³-hybridized carbons (Fsp3) is 0.154. The number of carbonyl (C=O) groups excluding carboxylic acids is 1. The van der Waals surface area contributed by atoms with E-state index in [0.29, 0.717) is 10.8 Å². The van der Waals surface area contributed by atoms with Crippen molar-refractivity contribution in [1.82, 2.24) is 9.97 Å². The third kappa shape index (κ3) is 4.22. The Morgan fingerprint density at radius 2 is 1.95 bits per heavy atom. The molecule has 1 aromatic heterocycles. The van der Waals surface area contributed by atoms with Crippen molar-refractivity contribution in [1.29, 1.82) is 0 Å². The number of carbonyl (C=O) groups is 1. The molecule has 1 amide bonds. The van der Waals surface area contributed by atoms with Gasteiger partial charge in [0.2, 0.25) is 5.91 Å². The zero-order chi connectivity index (χ0) is 16.3. The maximum atomic E-state index is 13.1. The van der Waals surface area contributed by atoms with Crippen LogP contribution in [-0.2, 0) is 4.79 Å². The molecule has 1 aromatic carbocycles. The molecule has 2 aromatic rings. The van der Waals surface area contributed by atoms with E-state index in [-0.39, 0.29) is 22.6 Å². The van der Waals surface area contributed by atoms with Crippen LogP contribution in [0.15, 0.2) is 29.4 Å². The minimum absolute atomic E-state index is 0.0648. The van der Waals surface area contributed by atoms with Crippen molar-refractivity contribution in [3.63, 3.8) is 0 Å². The maximum absolute atomic E-state index is 13.1. The van der Waals surface area contributed by atoms with Gasteiger partial charge in [-0.3, -0.25) is 4.79 Å². The van der Waals surface area contributed by atoms with Crippen LogP contribution in [0.3, 0.4) is 0 Å². The summed E-state index contributed by atoms with van der Waals surface area (Å²) in [6.45, 7) is 1.67. The summed E-state index contributed by atoms with van der Waals surface area (Å²) >= 11 is 6.77. The summed E-state index contributed by atoms with van der Waals surface area (Å²) in [6.07, 6.45) is 0. The van der Waals surface area contributed by atoms with Crippen LogP contribution in [0.5, 0.6) is 0 Å². The Morgan fingerprint density at radius 1 is 1.32 bits per heavy atom. The highest BCUT2D eigenvalue weighted by Gasteiger charge is 2.17. The van der Waals surface area contributed by atoms with Gasteiger partial charge in [0.05, 0.1) is 10.3 Å². The van der Waals surface area contributed by atoms with Gasteiger partial charge in [0.1, 0.15) is 17.5 Å². The van der Waals surface area contributed by atoms with Gasteiger partial charge in [-0.2, -0.15) is 0 Å². The van der Waals surface area contributed by atoms with Crippen LogP contribution in [0, 0.1) is 5.82 Å². The molecule has 9 heteroatoms. The lowest BCUT2D eigenvalue weighted by Crippen LogP contribution is -2.22. The molecule has 0 bridgehead atoms. The molecule has 0 spiro atoms. The van der Waals surface area contributed by atoms with Gasteiger partial charge in [-0.05, 0) is 25.1 Å². The first-order valence-corrected chi connectivity index (χ1v) is 7.43. The molecular formula is C13H13ClFN5OS. The zero-order valence-corrected chi connectivity index (χ0v) is 13.1. The van der Waals surface area contributed by atoms with Crippen LogP contribution in [0.1, 0.15) is 6.92 Å². The van der Waals surface area contributed by atoms with Gasteiger partial charge in [-0.25, -0.2) is 14.4 Å². The zero-order valence-electron chi connectivity index (χ0n) is 11.5. The van der Waals surface area contributed by atoms with Crippen molar-refractivity contribution in [2.24, 2.45) is 0 Å². The Balaban J connectivity index is 2.04. The minimum Gasteiger partial charge on any atom is -0.383 e. The average Bonchev–Trinajstić information content (AvgIpc) is 2.41. The normalized spacial score (nSPS) is 12.0. The van der Waals surface area contributed by atoms with E-state index in [1.165, 1.54) is 24.3 Å². The molecule has 6 nitrogen and oxygen atoms in total. The van der Waals surface area contributed by atoms with E-state index in [1.807, 2.05) is 0 Å². The summed E-state index contributed by atoms with van der Waals surface area (Å²) in [7, 11) is 0. The second kappa shape index (κ2) is 6.80. The van der Waals surface area contributed by atoms with Crippen molar-refractivity contribution in [2.45, 2.75) is 17.3 Å². The molecule has 0 fully saturated rings. The van der Waals surface area contributed by atoms with E-state index >= 15 is 0 Å². The van der Waals surface area contributed by atoms with E-state index in [0.717, 1.165) is 11.8 Å². The molecule has 116 valence electrons. The largest absolute Gasteiger partial charge is 0.383 e. The number of rotatable bonds is 4. The van der Waals surface area contributed by atoms with Crippen LogP contribution < -0.4 is 16.8 Å². The average molecular weight is 342 g/mol.